The Labute approximate surface area is 140 Å². The average Bonchev–Trinajstić information content (AvgIpc) is 3.21. The van der Waals surface area contributed by atoms with E-state index in [4.69, 9.17) is 4.42 Å². The molecule has 0 aliphatic carbocycles. The van der Waals surface area contributed by atoms with Gasteiger partial charge in [-0.2, -0.15) is 5.10 Å². The van der Waals surface area contributed by atoms with Crippen LogP contribution >= 0.6 is 0 Å². The molecule has 0 saturated carbocycles. The van der Waals surface area contributed by atoms with Gasteiger partial charge in [0.15, 0.2) is 5.82 Å². The number of pyridine rings is 1. The van der Waals surface area contributed by atoms with E-state index >= 15 is 0 Å². The van der Waals surface area contributed by atoms with Crippen LogP contribution in [0.25, 0.3) is 5.82 Å². The van der Waals surface area contributed by atoms with E-state index in [0.29, 0.717) is 19.4 Å². The first-order valence-electron chi connectivity index (χ1n) is 7.89. The van der Waals surface area contributed by atoms with Gasteiger partial charge in [-0.15, -0.1) is 0 Å². The summed E-state index contributed by atoms with van der Waals surface area (Å²) in [4.78, 5) is 16.3. The van der Waals surface area contributed by atoms with Crippen molar-refractivity contribution < 1.29 is 9.21 Å². The fraction of sp³-hybridized carbons (Fsp3) is 0.278. The van der Waals surface area contributed by atoms with Crippen LogP contribution in [0.4, 0.5) is 0 Å². The third-order valence-electron chi connectivity index (χ3n) is 3.70. The molecule has 0 saturated heterocycles. The number of hydrogen-bond donors (Lipinski definition) is 1. The quantitative estimate of drug-likeness (QED) is 0.756. The normalized spacial score (nSPS) is 10.8. The average molecular weight is 324 g/mol. The number of amides is 1. The summed E-state index contributed by atoms with van der Waals surface area (Å²) in [6.07, 6.45) is 4.39. The Morgan fingerprint density at radius 1 is 1.29 bits per heavy atom. The van der Waals surface area contributed by atoms with Crippen molar-refractivity contribution in [2.75, 3.05) is 0 Å². The summed E-state index contributed by atoms with van der Waals surface area (Å²) in [5.41, 5.74) is 2.95. The maximum Gasteiger partial charge on any atom is 0.220 e. The standard InChI is InChI=1S/C18H20N4O2/c1-13-10-14(2)22(21-13)17-7-5-15(11-19-17)12-20-18(23)8-6-16-4-3-9-24-16/h3-5,7,9-11H,6,8,12H2,1-2H3,(H,20,23). The molecule has 3 aromatic heterocycles. The van der Waals surface area contributed by atoms with E-state index in [2.05, 4.69) is 15.4 Å². The SMILES string of the molecule is Cc1cc(C)n(-c2ccc(CNC(=O)CCc3ccco3)cn2)n1. The summed E-state index contributed by atoms with van der Waals surface area (Å²) in [7, 11) is 0. The third kappa shape index (κ3) is 3.90. The molecule has 0 aliphatic heterocycles. The molecule has 3 rings (SSSR count). The predicted octanol–water partition coefficient (Wildman–Crippen LogP) is 2.73. The highest BCUT2D eigenvalue weighted by Crippen LogP contribution is 2.10. The van der Waals surface area contributed by atoms with Crippen LogP contribution in [0.1, 0.15) is 29.1 Å². The molecule has 0 aromatic carbocycles. The second-order valence-corrected chi connectivity index (χ2v) is 5.72. The summed E-state index contributed by atoms with van der Waals surface area (Å²) in [6, 6.07) is 9.56. The molecule has 1 amide bonds. The Hall–Kier alpha value is -2.89. The highest BCUT2D eigenvalue weighted by atomic mass is 16.3. The largest absolute Gasteiger partial charge is 0.469 e. The van der Waals surface area contributed by atoms with E-state index in [1.54, 1.807) is 17.1 Å². The topological polar surface area (TPSA) is 73.0 Å². The van der Waals surface area contributed by atoms with Crippen LogP contribution in [0.2, 0.25) is 0 Å². The number of aryl methyl sites for hydroxylation is 3. The molecule has 0 bridgehead atoms. The van der Waals surface area contributed by atoms with Crippen molar-refractivity contribution in [3.8, 4) is 5.82 Å². The lowest BCUT2D eigenvalue weighted by atomic mass is 10.2. The predicted molar refractivity (Wildman–Crippen MR) is 89.7 cm³/mol. The number of nitrogens with zero attached hydrogens (tertiary/aromatic N) is 3. The van der Waals surface area contributed by atoms with Crippen LogP contribution in [-0.4, -0.2) is 20.7 Å². The molecular formula is C18H20N4O2. The summed E-state index contributed by atoms with van der Waals surface area (Å²) < 4.78 is 7.02. The molecule has 0 radical (unpaired) electrons. The number of furan rings is 1. The Bertz CT molecular complexity index is 804. The van der Waals surface area contributed by atoms with Gasteiger partial charge in [0.2, 0.25) is 5.91 Å². The zero-order valence-electron chi connectivity index (χ0n) is 13.8. The Balaban J connectivity index is 1.52. The monoisotopic (exact) mass is 324 g/mol. The molecule has 6 heteroatoms. The van der Waals surface area contributed by atoms with Gasteiger partial charge in [0.1, 0.15) is 5.76 Å². The highest BCUT2D eigenvalue weighted by molar-refractivity contribution is 5.76. The van der Waals surface area contributed by atoms with Crippen LogP contribution in [0, 0.1) is 13.8 Å². The molecule has 0 fully saturated rings. The fourth-order valence-electron chi connectivity index (χ4n) is 2.49. The molecule has 0 unspecified atom stereocenters. The van der Waals surface area contributed by atoms with Gasteiger partial charge in [-0.1, -0.05) is 6.07 Å². The van der Waals surface area contributed by atoms with Crippen molar-refractivity contribution in [1.29, 1.82) is 0 Å². The van der Waals surface area contributed by atoms with Crippen LogP contribution in [-0.2, 0) is 17.8 Å². The van der Waals surface area contributed by atoms with E-state index in [-0.39, 0.29) is 5.91 Å². The minimum Gasteiger partial charge on any atom is -0.469 e. The van der Waals surface area contributed by atoms with Crippen LogP contribution in [0.5, 0.6) is 0 Å². The molecule has 3 heterocycles. The highest BCUT2D eigenvalue weighted by Gasteiger charge is 2.06. The first-order chi connectivity index (χ1) is 11.6. The maximum absolute atomic E-state index is 11.9. The number of hydrogen-bond acceptors (Lipinski definition) is 4. The lowest BCUT2D eigenvalue weighted by Gasteiger charge is -2.07. The molecule has 0 atom stereocenters. The van der Waals surface area contributed by atoms with Gasteiger partial charge in [0, 0.05) is 31.3 Å². The third-order valence-corrected chi connectivity index (χ3v) is 3.70. The first kappa shape index (κ1) is 16.0. The minimum atomic E-state index is -0.00554. The van der Waals surface area contributed by atoms with Crippen molar-refractivity contribution in [1.82, 2.24) is 20.1 Å². The first-order valence-corrected chi connectivity index (χ1v) is 7.89. The summed E-state index contributed by atoms with van der Waals surface area (Å²) >= 11 is 0. The zero-order chi connectivity index (χ0) is 16.9. The van der Waals surface area contributed by atoms with E-state index in [9.17, 15) is 4.79 Å². The smallest absolute Gasteiger partial charge is 0.220 e. The van der Waals surface area contributed by atoms with E-state index in [1.807, 2.05) is 44.2 Å². The van der Waals surface area contributed by atoms with Crippen molar-refractivity contribution in [3.05, 3.63) is 65.5 Å². The second-order valence-electron chi connectivity index (χ2n) is 5.72. The Kier molecular flexibility index (Phi) is 4.74. The lowest BCUT2D eigenvalue weighted by molar-refractivity contribution is -0.121. The molecule has 0 aliphatic rings. The van der Waals surface area contributed by atoms with E-state index in [1.165, 1.54) is 0 Å². The lowest BCUT2D eigenvalue weighted by Crippen LogP contribution is -2.23. The van der Waals surface area contributed by atoms with Gasteiger partial charge >= 0.3 is 0 Å². The summed E-state index contributed by atoms with van der Waals surface area (Å²) in [5, 5.41) is 7.30. The van der Waals surface area contributed by atoms with Crippen LogP contribution < -0.4 is 5.32 Å². The number of aromatic nitrogens is 3. The molecule has 24 heavy (non-hydrogen) atoms. The number of carbonyl (C=O) groups is 1. The Morgan fingerprint density at radius 2 is 2.17 bits per heavy atom. The van der Waals surface area contributed by atoms with Gasteiger partial charge in [0.05, 0.1) is 12.0 Å². The fourth-order valence-corrected chi connectivity index (χ4v) is 2.49. The van der Waals surface area contributed by atoms with Crippen molar-refractivity contribution in [3.63, 3.8) is 0 Å². The zero-order valence-corrected chi connectivity index (χ0v) is 13.8. The van der Waals surface area contributed by atoms with Crippen molar-refractivity contribution >= 4 is 5.91 Å². The van der Waals surface area contributed by atoms with Gasteiger partial charge in [0.25, 0.3) is 0 Å². The van der Waals surface area contributed by atoms with Crippen molar-refractivity contribution in [2.24, 2.45) is 0 Å². The molecule has 3 aromatic rings. The summed E-state index contributed by atoms with van der Waals surface area (Å²) in [6.45, 7) is 4.41. The van der Waals surface area contributed by atoms with E-state index in [0.717, 1.165) is 28.5 Å². The summed E-state index contributed by atoms with van der Waals surface area (Å²) in [5.74, 6) is 1.59. The molecule has 1 N–H and O–H groups in total. The maximum atomic E-state index is 11.9. The second kappa shape index (κ2) is 7.12. The molecule has 6 nitrogen and oxygen atoms in total. The molecular weight excluding hydrogens is 304 g/mol. The number of rotatable bonds is 6. The van der Waals surface area contributed by atoms with Gasteiger partial charge in [-0.3, -0.25) is 4.79 Å². The Morgan fingerprint density at radius 3 is 2.79 bits per heavy atom. The minimum absolute atomic E-state index is 0.00554. The van der Waals surface area contributed by atoms with Gasteiger partial charge < -0.3 is 9.73 Å². The molecule has 124 valence electrons. The van der Waals surface area contributed by atoms with Crippen LogP contribution in [0.3, 0.4) is 0 Å². The van der Waals surface area contributed by atoms with Gasteiger partial charge in [-0.05, 0) is 43.7 Å². The van der Waals surface area contributed by atoms with E-state index < -0.39 is 0 Å². The van der Waals surface area contributed by atoms with Crippen LogP contribution in [0.15, 0.2) is 47.2 Å². The van der Waals surface area contributed by atoms with Gasteiger partial charge in [-0.25, -0.2) is 9.67 Å². The number of carbonyl (C=O) groups excluding carboxylic acids is 1. The number of nitrogens with one attached hydrogen (secondary N) is 1. The molecule has 0 spiro atoms. The van der Waals surface area contributed by atoms with Crippen molar-refractivity contribution in [2.45, 2.75) is 33.2 Å².